The summed E-state index contributed by atoms with van der Waals surface area (Å²) >= 11 is 6.34. The van der Waals surface area contributed by atoms with Crippen molar-refractivity contribution in [3.05, 3.63) is 88.0 Å². The first-order valence-electron chi connectivity index (χ1n) is 13.0. The van der Waals surface area contributed by atoms with E-state index >= 15 is 0 Å². The molecule has 0 saturated heterocycles. The maximum absolute atomic E-state index is 13.5. The van der Waals surface area contributed by atoms with E-state index in [-0.39, 0.29) is 18.0 Å². The maximum Gasteiger partial charge on any atom is 0.260 e. The minimum absolute atomic E-state index is 0.126. The van der Waals surface area contributed by atoms with Crippen LogP contribution in [0.15, 0.2) is 54.9 Å². The minimum Gasteiger partial charge on any atom is -0.496 e. The summed E-state index contributed by atoms with van der Waals surface area (Å²) in [4.78, 5) is 33.3. The standard InChI is InChI=1S/C29H30ClN7O4/c1-39-22-7-4-6-19-10-13-37(17-20(19)22)29-35-26(33-15-18-8-9-23(40-2)21(30)14-18)25(28(36-29)41-3)27(38)34-16-24-31-11-5-12-32-24/h4-9,11-12,14H,10,13,15-17H2,1-3H3,(H,34,38)(H,33,35,36). The van der Waals surface area contributed by atoms with Gasteiger partial charge in [0, 0.05) is 37.6 Å². The summed E-state index contributed by atoms with van der Waals surface area (Å²) in [7, 11) is 4.70. The number of carbonyl (C=O) groups excluding carboxylic acids is 1. The average Bonchev–Trinajstić information content (AvgIpc) is 3.02. The third kappa shape index (κ3) is 6.25. The van der Waals surface area contributed by atoms with Crippen LogP contribution in [0.3, 0.4) is 0 Å². The van der Waals surface area contributed by atoms with Gasteiger partial charge in [0.2, 0.25) is 11.8 Å². The van der Waals surface area contributed by atoms with E-state index < -0.39 is 5.91 Å². The molecule has 0 unspecified atom stereocenters. The smallest absolute Gasteiger partial charge is 0.260 e. The SMILES string of the molecule is COc1ccc(CNc2nc(N3CCc4cccc(OC)c4C3)nc(OC)c2C(=O)NCc2ncccn2)cc1Cl. The molecule has 11 nitrogen and oxygen atoms in total. The highest BCUT2D eigenvalue weighted by Crippen LogP contribution is 2.33. The zero-order valence-electron chi connectivity index (χ0n) is 23.0. The molecule has 0 spiro atoms. The largest absolute Gasteiger partial charge is 0.496 e. The van der Waals surface area contributed by atoms with Gasteiger partial charge in [0.25, 0.3) is 5.91 Å². The fourth-order valence-corrected chi connectivity index (χ4v) is 4.92. The first-order chi connectivity index (χ1) is 20.0. The number of carbonyl (C=O) groups is 1. The van der Waals surface area contributed by atoms with Crippen LogP contribution in [0, 0.1) is 0 Å². The Labute approximate surface area is 242 Å². The van der Waals surface area contributed by atoms with Crippen LogP contribution in [0.2, 0.25) is 5.02 Å². The van der Waals surface area contributed by atoms with Gasteiger partial charge in [-0.2, -0.15) is 9.97 Å². The van der Waals surface area contributed by atoms with Crippen LogP contribution < -0.4 is 29.7 Å². The van der Waals surface area contributed by atoms with Gasteiger partial charge in [0.15, 0.2) is 0 Å². The molecule has 212 valence electrons. The molecule has 4 aromatic rings. The van der Waals surface area contributed by atoms with E-state index in [2.05, 4.69) is 31.7 Å². The lowest BCUT2D eigenvalue weighted by molar-refractivity contribution is 0.0946. The van der Waals surface area contributed by atoms with Crippen molar-refractivity contribution in [2.45, 2.75) is 26.1 Å². The summed E-state index contributed by atoms with van der Waals surface area (Å²) in [6.45, 7) is 1.70. The van der Waals surface area contributed by atoms with Crippen molar-refractivity contribution in [3.8, 4) is 17.4 Å². The number of methoxy groups -OCH3 is 3. The fourth-order valence-electron chi connectivity index (χ4n) is 4.64. The first kappa shape index (κ1) is 27.9. The molecule has 0 atom stereocenters. The molecule has 0 saturated carbocycles. The van der Waals surface area contributed by atoms with E-state index in [0.717, 1.165) is 23.3 Å². The number of hydrogen-bond acceptors (Lipinski definition) is 10. The molecular formula is C29H30ClN7O4. The highest BCUT2D eigenvalue weighted by atomic mass is 35.5. The van der Waals surface area contributed by atoms with Crippen molar-refractivity contribution in [2.24, 2.45) is 0 Å². The summed E-state index contributed by atoms with van der Waals surface area (Å²) in [6.07, 6.45) is 4.03. The molecule has 0 aliphatic carbocycles. The number of benzene rings is 2. The predicted molar refractivity (Wildman–Crippen MR) is 155 cm³/mol. The molecule has 0 radical (unpaired) electrons. The Morgan fingerprint density at radius 3 is 2.51 bits per heavy atom. The molecule has 2 aromatic heterocycles. The quantitative estimate of drug-likeness (QED) is 0.286. The number of halogens is 1. The molecule has 2 aromatic carbocycles. The summed E-state index contributed by atoms with van der Waals surface area (Å²) in [6, 6.07) is 13.2. The van der Waals surface area contributed by atoms with Gasteiger partial charge in [-0.15, -0.1) is 0 Å². The van der Waals surface area contributed by atoms with Crippen LogP contribution in [0.25, 0.3) is 0 Å². The van der Waals surface area contributed by atoms with Crippen LogP contribution in [-0.2, 0) is 26.1 Å². The topological polar surface area (TPSA) is 124 Å². The fraction of sp³-hybridized carbons (Fsp3) is 0.276. The van der Waals surface area contributed by atoms with Gasteiger partial charge in [-0.1, -0.05) is 29.8 Å². The number of hydrogen-bond donors (Lipinski definition) is 2. The molecule has 12 heteroatoms. The Hall–Kier alpha value is -4.64. The van der Waals surface area contributed by atoms with Gasteiger partial charge in [-0.3, -0.25) is 4.79 Å². The van der Waals surface area contributed by atoms with Crippen molar-refractivity contribution in [3.63, 3.8) is 0 Å². The molecule has 41 heavy (non-hydrogen) atoms. The summed E-state index contributed by atoms with van der Waals surface area (Å²) in [5.74, 6) is 2.32. The van der Waals surface area contributed by atoms with Gasteiger partial charge in [0.05, 0.1) is 32.9 Å². The molecule has 1 amide bonds. The van der Waals surface area contributed by atoms with Crippen LogP contribution in [0.4, 0.5) is 11.8 Å². The number of amides is 1. The molecular weight excluding hydrogens is 546 g/mol. The van der Waals surface area contributed by atoms with E-state index in [9.17, 15) is 4.79 Å². The number of fused-ring (bicyclic) bond motifs is 1. The summed E-state index contributed by atoms with van der Waals surface area (Å²) < 4.78 is 16.5. The normalized spacial score (nSPS) is 12.3. The van der Waals surface area contributed by atoms with Crippen LogP contribution in [0.5, 0.6) is 17.4 Å². The zero-order valence-corrected chi connectivity index (χ0v) is 23.7. The van der Waals surface area contributed by atoms with Crippen LogP contribution >= 0.6 is 11.6 Å². The third-order valence-electron chi connectivity index (χ3n) is 6.72. The van der Waals surface area contributed by atoms with E-state index in [4.69, 9.17) is 30.8 Å². The number of rotatable bonds is 10. The highest BCUT2D eigenvalue weighted by Gasteiger charge is 2.27. The Balaban J connectivity index is 1.48. The second-order valence-electron chi connectivity index (χ2n) is 9.20. The highest BCUT2D eigenvalue weighted by molar-refractivity contribution is 6.32. The monoisotopic (exact) mass is 575 g/mol. The summed E-state index contributed by atoms with van der Waals surface area (Å²) in [5, 5.41) is 6.62. The van der Waals surface area contributed by atoms with E-state index in [1.54, 1.807) is 44.8 Å². The van der Waals surface area contributed by atoms with Gasteiger partial charge >= 0.3 is 0 Å². The van der Waals surface area contributed by atoms with Crippen LogP contribution in [0.1, 0.15) is 32.9 Å². The molecule has 2 N–H and O–H groups in total. The van der Waals surface area contributed by atoms with E-state index in [1.165, 1.54) is 12.7 Å². The number of aromatic nitrogens is 4. The van der Waals surface area contributed by atoms with E-state index in [0.29, 0.717) is 48.0 Å². The van der Waals surface area contributed by atoms with Crippen molar-refractivity contribution in [2.75, 3.05) is 38.1 Å². The number of nitrogens with zero attached hydrogens (tertiary/aromatic N) is 5. The molecule has 0 bridgehead atoms. The first-order valence-corrected chi connectivity index (χ1v) is 13.3. The Morgan fingerprint density at radius 2 is 1.78 bits per heavy atom. The maximum atomic E-state index is 13.5. The lowest BCUT2D eigenvalue weighted by Gasteiger charge is -2.30. The Kier molecular flexibility index (Phi) is 8.64. The molecule has 1 aliphatic rings. The molecule has 5 rings (SSSR count). The second kappa shape index (κ2) is 12.7. The van der Waals surface area contributed by atoms with Crippen molar-refractivity contribution in [1.29, 1.82) is 0 Å². The molecule has 0 fully saturated rings. The Bertz CT molecular complexity index is 1520. The van der Waals surface area contributed by atoms with Gasteiger partial charge in [-0.25, -0.2) is 9.97 Å². The number of nitrogens with one attached hydrogen (secondary N) is 2. The number of ether oxygens (including phenoxy) is 3. The lowest BCUT2D eigenvalue weighted by atomic mass is 9.99. The van der Waals surface area contributed by atoms with Crippen molar-refractivity contribution < 1.29 is 19.0 Å². The van der Waals surface area contributed by atoms with Crippen molar-refractivity contribution in [1.82, 2.24) is 25.3 Å². The second-order valence-corrected chi connectivity index (χ2v) is 9.60. The van der Waals surface area contributed by atoms with E-state index in [1.807, 2.05) is 23.1 Å². The molecule has 1 aliphatic heterocycles. The van der Waals surface area contributed by atoms with Gasteiger partial charge < -0.3 is 29.7 Å². The van der Waals surface area contributed by atoms with Crippen LogP contribution in [-0.4, -0.2) is 53.7 Å². The molecule has 3 heterocycles. The average molecular weight is 576 g/mol. The summed E-state index contributed by atoms with van der Waals surface area (Å²) in [5.41, 5.74) is 3.34. The van der Waals surface area contributed by atoms with Crippen molar-refractivity contribution >= 4 is 29.3 Å². The third-order valence-corrected chi connectivity index (χ3v) is 7.02. The zero-order chi connectivity index (χ0) is 28.8. The minimum atomic E-state index is -0.429. The number of anilines is 2. The van der Waals surface area contributed by atoms with Gasteiger partial charge in [0.1, 0.15) is 28.7 Å². The Morgan fingerprint density at radius 1 is 0.976 bits per heavy atom. The lowest BCUT2D eigenvalue weighted by Crippen LogP contribution is -2.33. The van der Waals surface area contributed by atoms with Gasteiger partial charge in [-0.05, 0) is 41.8 Å². The predicted octanol–water partition coefficient (Wildman–Crippen LogP) is 4.05.